The Balaban J connectivity index is 2.09. The summed E-state index contributed by atoms with van der Waals surface area (Å²) in [5, 5.41) is 3.15. The summed E-state index contributed by atoms with van der Waals surface area (Å²) >= 11 is 1.69. The summed E-state index contributed by atoms with van der Waals surface area (Å²) in [6, 6.07) is 2.36. The van der Waals surface area contributed by atoms with Crippen molar-refractivity contribution in [3.8, 4) is 5.13 Å². The molecule has 2 heterocycles. The lowest BCUT2D eigenvalue weighted by Crippen LogP contribution is -2.17. The van der Waals surface area contributed by atoms with Crippen LogP contribution in [0.25, 0.3) is 5.13 Å². The first kappa shape index (κ1) is 10.1. The van der Waals surface area contributed by atoms with Crippen molar-refractivity contribution < 1.29 is 0 Å². The van der Waals surface area contributed by atoms with Crippen LogP contribution in [0.4, 0.5) is 0 Å². The van der Waals surface area contributed by atoms with Gasteiger partial charge in [0.2, 0.25) is 0 Å². The average molecular weight is 233 g/mol. The van der Waals surface area contributed by atoms with Crippen molar-refractivity contribution in [3.05, 3.63) is 34.6 Å². The number of aryl methyl sites for hydroxylation is 1. The second-order valence-corrected chi connectivity index (χ2v) is 5.19. The Morgan fingerprint density at radius 1 is 1.56 bits per heavy atom. The lowest BCUT2D eigenvalue weighted by molar-refractivity contribution is 0.560. The van der Waals surface area contributed by atoms with Crippen LogP contribution in [-0.4, -0.2) is 9.55 Å². The van der Waals surface area contributed by atoms with E-state index in [1.54, 1.807) is 11.3 Å². The van der Waals surface area contributed by atoms with E-state index in [4.69, 9.17) is 5.73 Å². The third-order valence-corrected chi connectivity index (χ3v) is 4.13. The summed E-state index contributed by atoms with van der Waals surface area (Å²) in [5.74, 6) is 0. The molecule has 16 heavy (non-hydrogen) atoms. The van der Waals surface area contributed by atoms with Gasteiger partial charge < -0.3 is 5.73 Å². The highest BCUT2D eigenvalue weighted by molar-refractivity contribution is 7.12. The highest BCUT2D eigenvalue weighted by atomic mass is 32.1. The molecule has 1 atom stereocenters. The first-order valence-electron chi connectivity index (χ1n) is 5.64. The molecule has 0 aliphatic heterocycles. The number of nitrogens with zero attached hydrogens (tertiary/aromatic N) is 2. The first-order chi connectivity index (χ1) is 7.75. The maximum absolute atomic E-state index is 6.11. The SMILES string of the molecule is Cc1csc(-n2ccc3c2CCCC3N)n1. The van der Waals surface area contributed by atoms with Gasteiger partial charge in [0.25, 0.3) is 0 Å². The van der Waals surface area contributed by atoms with Gasteiger partial charge in [-0.2, -0.15) is 0 Å². The van der Waals surface area contributed by atoms with Crippen LogP contribution in [0.1, 0.15) is 35.8 Å². The second kappa shape index (κ2) is 3.71. The van der Waals surface area contributed by atoms with Crippen LogP contribution < -0.4 is 5.73 Å². The van der Waals surface area contributed by atoms with E-state index in [9.17, 15) is 0 Å². The molecule has 2 aromatic rings. The molecule has 2 N–H and O–H groups in total. The number of hydrogen-bond donors (Lipinski definition) is 1. The largest absolute Gasteiger partial charge is 0.324 e. The Morgan fingerprint density at radius 3 is 3.19 bits per heavy atom. The van der Waals surface area contributed by atoms with Gasteiger partial charge >= 0.3 is 0 Å². The van der Waals surface area contributed by atoms with Gasteiger partial charge in [0.05, 0.1) is 5.69 Å². The molecular formula is C12H15N3S. The minimum Gasteiger partial charge on any atom is -0.324 e. The standard InChI is InChI=1S/C12H15N3S/c1-8-7-16-12(14-8)15-6-5-9-10(13)3-2-4-11(9)15/h5-7,10H,2-4,13H2,1H3. The molecule has 84 valence electrons. The Kier molecular flexibility index (Phi) is 2.33. The molecule has 0 saturated carbocycles. The lowest BCUT2D eigenvalue weighted by Gasteiger charge is -2.20. The van der Waals surface area contributed by atoms with Gasteiger partial charge in [-0.15, -0.1) is 11.3 Å². The summed E-state index contributed by atoms with van der Waals surface area (Å²) in [6.07, 6.45) is 5.51. The average Bonchev–Trinajstić information content (AvgIpc) is 2.84. The molecule has 0 fully saturated rings. The number of hydrogen-bond acceptors (Lipinski definition) is 3. The highest BCUT2D eigenvalue weighted by Crippen LogP contribution is 2.31. The van der Waals surface area contributed by atoms with E-state index in [1.165, 1.54) is 17.7 Å². The molecule has 1 aliphatic rings. The number of aromatic nitrogens is 2. The number of nitrogens with two attached hydrogens (primary N) is 1. The zero-order valence-electron chi connectivity index (χ0n) is 9.31. The van der Waals surface area contributed by atoms with Crippen LogP contribution in [0, 0.1) is 6.92 Å². The Bertz CT molecular complexity index is 512. The van der Waals surface area contributed by atoms with Crippen LogP contribution in [0.15, 0.2) is 17.6 Å². The van der Waals surface area contributed by atoms with Crippen molar-refractivity contribution in [2.45, 2.75) is 32.2 Å². The van der Waals surface area contributed by atoms with Crippen LogP contribution in [0.5, 0.6) is 0 Å². The summed E-state index contributed by atoms with van der Waals surface area (Å²) in [5.41, 5.74) is 9.86. The monoisotopic (exact) mass is 233 g/mol. The molecule has 4 heteroatoms. The minimum absolute atomic E-state index is 0.214. The van der Waals surface area contributed by atoms with E-state index in [-0.39, 0.29) is 6.04 Å². The van der Waals surface area contributed by atoms with E-state index in [0.717, 1.165) is 23.7 Å². The molecule has 1 aliphatic carbocycles. The molecule has 1 unspecified atom stereocenters. The van der Waals surface area contributed by atoms with Gasteiger partial charge in [0, 0.05) is 23.3 Å². The molecule has 2 aromatic heterocycles. The first-order valence-corrected chi connectivity index (χ1v) is 6.52. The predicted octanol–water partition coefficient (Wildman–Crippen LogP) is 2.58. The van der Waals surface area contributed by atoms with Crippen molar-refractivity contribution >= 4 is 11.3 Å². The topological polar surface area (TPSA) is 43.8 Å². The second-order valence-electron chi connectivity index (χ2n) is 4.36. The van der Waals surface area contributed by atoms with Crippen molar-refractivity contribution in [2.75, 3.05) is 0 Å². The quantitative estimate of drug-likeness (QED) is 0.822. The molecule has 3 nitrogen and oxygen atoms in total. The zero-order chi connectivity index (χ0) is 11.1. The van der Waals surface area contributed by atoms with E-state index < -0.39 is 0 Å². The van der Waals surface area contributed by atoms with Gasteiger partial charge in [-0.25, -0.2) is 4.98 Å². The van der Waals surface area contributed by atoms with Gasteiger partial charge in [-0.1, -0.05) is 0 Å². The van der Waals surface area contributed by atoms with E-state index in [0.29, 0.717) is 0 Å². The molecule has 3 rings (SSSR count). The summed E-state index contributed by atoms with van der Waals surface area (Å²) in [6.45, 7) is 2.03. The summed E-state index contributed by atoms with van der Waals surface area (Å²) in [4.78, 5) is 4.53. The lowest BCUT2D eigenvalue weighted by atomic mass is 9.94. The van der Waals surface area contributed by atoms with Crippen molar-refractivity contribution in [1.29, 1.82) is 0 Å². The third kappa shape index (κ3) is 1.49. The molecule has 0 saturated heterocycles. The van der Waals surface area contributed by atoms with Crippen molar-refractivity contribution in [1.82, 2.24) is 9.55 Å². The Morgan fingerprint density at radius 2 is 2.44 bits per heavy atom. The third-order valence-electron chi connectivity index (χ3n) is 3.17. The van der Waals surface area contributed by atoms with Gasteiger partial charge in [-0.3, -0.25) is 4.57 Å². The molecule has 0 spiro atoms. The normalized spacial score (nSPS) is 19.8. The zero-order valence-corrected chi connectivity index (χ0v) is 10.1. The van der Waals surface area contributed by atoms with Gasteiger partial charge in [0.1, 0.15) is 0 Å². The van der Waals surface area contributed by atoms with Gasteiger partial charge in [0.15, 0.2) is 5.13 Å². The Hall–Kier alpha value is -1.13. The molecular weight excluding hydrogens is 218 g/mol. The van der Waals surface area contributed by atoms with Crippen LogP contribution in [0.2, 0.25) is 0 Å². The number of rotatable bonds is 1. The maximum atomic E-state index is 6.11. The highest BCUT2D eigenvalue weighted by Gasteiger charge is 2.21. The molecule has 0 bridgehead atoms. The molecule has 0 amide bonds. The van der Waals surface area contributed by atoms with Crippen LogP contribution in [0.3, 0.4) is 0 Å². The maximum Gasteiger partial charge on any atom is 0.193 e. The predicted molar refractivity (Wildman–Crippen MR) is 66.0 cm³/mol. The summed E-state index contributed by atoms with van der Waals surface area (Å²) < 4.78 is 2.20. The van der Waals surface area contributed by atoms with Crippen molar-refractivity contribution in [2.24, 2.45) is 5.73 Å². The van der Waals surface area contributed by atoms with E-state index in [1.807, 2.05) is 6.92 Å². The van der Waals surface area contributed by atoms with Crippen LogP contribution in [-0.2, 0) is 6.42 Å². The minimum atomic E-state index is 0.214. The number of fused-ring (bicyclic) bond motifs is 1. The van der Waals surface area contributed by atoms with Crippen molar-refractivity contribution in [3.63, 3.8) is 0 Å². The van der Waals surface area contributed by atoms with E-state index >= 15 is 0 Å². The van der Waals surface area contributed by atoms with E-state index in [2.05, 4.69) is 27.2 Å². The molecule has 0 aromatic carbocycles. The number of thiazole rings is 1. The fourth-order valence-electron chi connectivity index (χ4n) is 2.36. The summed E-state index contributed by atoms with van der Waals surface area (Å²) in [7, 11) is 0. The fraction of sp³-hybridized carbons (Fsp3) is 0.417. The Labute approximate surface area is 98.9 Å². The molecule has 0 radical (unpaired) electrons. The fourth-order valence-corrected chi connectivity index (χ4v) is 3.17. The van der Waals surface area contributed by atoms with Gasteiger partial charge in [-0.05, 0) is 37.8 Å². The van der Waals surface area contributed by atoms with Crippen LogP contribution >= 0.6 is 11.3 Å². The smallest absolute Gasteiger partial charge is 0.193 e.